The van der Waals surface area contributed by atoms with Crippen LogP contribution in [-0.2, 0) is 0 Å². The molecule has 0 saturated heterocycles. The minimum Gasteiger partial charge on any atom is -0.411 e. The molecule has 0 aromatic carbocycles. The van der Waals surface area contributed by atoms with Gasteiger partial charge in [0.15, 0.2) is 0 Å². The summed E-state index contributed by atoms with van der Waals surface area (Å²) in [7, 11) is 0. The first kappa shape index (κ1) is 8.57. The van der Waals surface area contributed by atoms with Crippen LogP contribution in [0, 0.1) is 11.8 Å². The van der Waals surface area contributed by atoms with Crippen LogP contribution in [0.3, 0.4) is 0 Å². The smallest absolute Gasteiger partial charge is 0.0570 e. The number of hydrogen-bond donors (Lipinski definition) is 1. The van der Waals surface area contributed by atoms with E-state index in [4.69, 9.17) is 5.21 Å². The topological polar surface area (TPSA) is 32.6 Å². The molecule has 2 nitrogen and oxygen atoms in total. The highest BCUT2D eigenvalue weighted by molar-refractivity contribution is 5.83. The van der Waals surface area contributed by atoms with E-state index in [0.717, 1.165) is 11.6 Å². The number of nitrogens with zero attached hydrogens (tertiary/aromatic N) is 1. The fourth-order valence-electron chi connectivity index (χ4n) is 1.76. The van der Waals surface area contributed by atoms with Crippen molar-refractivity contribution in [3.05, 3.63) is 0 Å². The van der Waals surface area contributed by atoms with Crippen molar-refractivity contribution in [2.24, 2.45) is 17.0 Å². The van der Waals surface area contributed by atoms with E-state index in [-0.39, 0.29) is 0 Å². The van der Waals surface area contributed by atoms with Crippen LogP contribution < -0.4 is 0 Å². The van der Waals surface area contributed by atoms with E-state index in [0.29, 0.717) is 5.92 Å². The first-order chi connectivity index (χ1) is 5.24. The van der Waals surface area contributed by atoms with Crippen molar-refractivity contribution < 1.29 is 5.21 Å². The summed E-state index contributed by atoms with van der Waals surface area (Å²) in [5.74, 6) is 1.42. The average Bonchev–Trinajstić information content (AvgIpc) is 2.05. The lowest BCUT2D eigenvalue weighted by atomic mass is 9.81. The Bertz CT molecular complexity index is 146. The lowest BCUT2D eigenvalue weighted by Gasteiger charge is -2.25. The molecule has 2 heteroatoms. The molecule has 0 spiro atoms. The highest BCUT2D eigenvalue weighted by atomic mass is 16.4. The fraction of sp³-hybridized carbons (Fsp3) is 0.889. The standard InChI is InChI=1S/C9H17NO/c1-7-3-5-9(6-4-7)8(2)10-11/h7,9,11H,3-6H2,1-2H3/b10-8-. The molecule has 1 aliphatic carbocycles. The van der Waals surface area contributed by atoms with Crippen molar-refractivity contribution >= 4 is 5.71 Å². The summed E-state index contributed by atoms with van der Waals surface area (Å²) >= 11 is 0. The largest absolute Gasteiger partial charge is 0.411 e. The lowest BCUT2D eigenvalue weighted by Crippen LogP contribution is -2.18. The van der Waals surface area contributed by atoms with E-state index in [9.17, 15) is 0 Å². The maximum Gasteiger partial charge on any atom is 0.0570 e. The molecular formula is C9H17NO. The van der Waals surface area contributed by atoms with Crippen LogP contribution in [0.25, 0.3) is 0 Å². The van der Waals surface area contributed by atoms with Crippen LogP contribution in [0.5, 0.6) is 0 Å². The van der Waals surface area contributed by atoms with Gasteiger partial charge in [-0.3, -0.25) is 0 Å². The second-order valence-corrected chi connectivity index (χ2v) is 3.70. The Hall–Kier alpha value is -0.530. The van der Waals surface area contributed by atoms with Crippen LogP contribution in [0.15, 0.2) is 5.16 Å². The van der Waals surface area contributed by atoms with Gasteiger partial charge in [-0.2, -0.15) is 0 Å². The van der Waals surface area contributed by atoms with Crippen molar-refractivity contribution in [2.75, 3.05) is 0 Å². The Morgan fingerprint density at radius 2 is 1.82 bits per heavy atom. The molecule has 0 amide bonds. The van der Waals surface area contributed by atoms with Gasteiger partial charge in [-0.15, -0.1) is 0 Å². The molecule has 0 aliphatic heterocycles. The first-order valence-corrected chi connectivity index (χ1v) is 4.42. The number of rotatable bonds is 1. The van der Waals surface area contributed by atoms with Crippen LogP contribution in [-0.4, -0.2) is 10.9 Å². The van der Waals surface area contributed by atoms with Gasteiger partial charge in [-0.1, -0.05) is 24.9 Å². The summed E-state index contributed by atoms with van der Waals surface area (Å²) in [6.07, 6.45) is 4.99. The van der Waals surface area contributed by atoms with Gasteiger partial charge in [0.1, 0.15) is 0 Å². The van der Waals surface area contributed by atoms with E-state index in [2.05, 4.69) is 12.1 Å². The molecule has 11 heavy (non-hydrogen) atoms. The zero-order chi connectivity index (χ0) is 8.27. The summed E-state index contributed by atoms with van der Waals surface area (Å²) < 4.78 is 0. The predicted molar refractivity (Wildman–Crippen MR) is 46.0 cm³/mol. The molecule has 1 N–H and O–H groups in total. The van der Waals surface area contributed by atoms with E-state index in [1.165, 1.54) is 25.7 Å². The zero-order valence-corrected chi connectivity index (χ0v) is 7.38. The van der Waals surface area contributed by atoms with Crippen LogP contribution in [0.2, 0.25) is 0 Å². The van der Waals surface area contributed by atoms with Gasteiger partial charge in [-0.25, -0.2) is 0 Å². The minimum absolute atomic E-state index is 0.552. The summed E-state index contributed by atoms with van der Waals surface area (Å²) in [5.41, 5.74) is 0.914. The van der Waals surface area contributed by atoms with Crippen molar-refractivity contribution in [3.63, 3.8) is 0 Å². The van der Waals surface area contributed by atoms with Crippen molar-refractivity contribution in [1.29, 1.82) is 0 Å². The monoisotopic (exact) mass is 155 g/mol. The second-order valence-electron chi connectivity index (χ2n) is 3.70. The van der Waals surface area contributed by atoms with Crippen LogP contribution in [0.1, 0.15) is 39.5 Å². The Morgan fingerprint density at radius 1 is 1.27 bits per heavy atom. The van der Waals surface area contributed by atoms with Gasteiger partial charge < -0.3 is 5.21 Å². The van der Waals surface area contributed by atoms with Crippen molar-refractivity contribution in [1.82, 2.24) is 0 Å². The molecule has 1 rings (SSSR count). The van der Waals surface area contributed by atoms with E-state index < -0.39 is 0 Å². The number of oxime groups is 1. The maximum absolute atomic E-state index is 8.54. The Morgan fingerprint density at radius 3 is 2.27 bits per heavy atom. The van der Waals surface area contributed by atoms with Gasteiger partial charge in [0, 0.05) is 5.92 Å². The molecule has 0 aromatic rings. The minimum atomic E-state index is 0.552. The summed E-state index contributed by atoms with van der Waals surface area (Å²) in [6, 6.07) is 0. The third kappa shape index (κ3) is 2.21. The van der Waals surface area contributed by atoms with Gasteiger partial charge in [0.05, 0.1) is 5.71 Å². The Kier molecular flexibility index (Phi) is 2.92. The molecule has 0 unspecified atom stereocenters. The third-order valence-corrected chi connectivity index (χ3v) is 2.76. The van der Waals surface area contributed by atoms with E-state index in [1.807, 2.05) is 6.92 Å². The van der Waals surface area contributed by atoms with Gasteiger partial charge in [-0.05, 0) is 25.7 Å². The lowest BCUT2D eigenvalue weighted by molar-refractivity contribution is 0.299. The fourth-order valence-corrected chi connectivity index (χ4v) is 1.76. The predicted octanol–water partition coefficient (Wildman–Crippen LogP) is 2.66. The van der Waals surface area contributed by atoms with Crippen LogP contribution in [0.4, 0.5) is 0 Å². The van der Waals surface area contributed by atoms with E-state index >= 15 is 0 Å². The van der Waals surface area contributed by atoms with Gasteiger partial charge in [0.25, 0.3) is 0 Å². The Balaban J connectivity index is 2.39. The first-order valence-electron chi connectivity index (χ1n) is 4.42. The molecule has 64 valence electrons. The summed E-state index contributed by atoms with van der Waals surface area (Å²) in [4.78, 5) is 0. The molecule has 0 bridgehead atoms. The maximum atomic E-state index is 8.54. The van der Waals surface area contributed by atoms with Gasteiger partial charge in [0.2, 0.25) is 0 Å². The Labute approximate surface area is 68.3 Å². The summed E-state index contributed by atoms with van der Waals surface area (Å²) in [5, 5.41) is 11.8. The molecule has 0 heterocycles. The molecule has 0 aromatic heterocycles. The normalized spacial score (nSPS) is 33.8. The number of hydrogen-bond acceptors (Lipinski definition) is 2. The summed E-state index contributed by atoms with van der Waals surface area (Å²) in [6.45, 7) is 4.21. The SMILES string of the molecule is C/C(=N/O)C1CCC(C)CC1. The molecule has 1 saturated carbocycles. The third-order valence-electron chi connectivity index (χ3n) is 2.76. The highest BCUT2D eigenvalue weighted by Crippen LogP contribution is 2.28. The molecule has 1 aliphatic rings. The average molecular weight is 155 g/mol. The second kappa shape index (κ2) is 3.74. The van der Waals surface area contributed by atoms with Crippen molar-refractivity contribution in [2.45, 2.75) is 39.5 Å². The highest BCUT2D eigenvalue weighted by Gasteiger charge is 2.20. The van der Waals surface area contributed by atoms with Gasteiger partial charge >= 0.3 is 0 Å². The molecule has 1 fully saturated rings. The van der Waals surface area contributed by atoms with Crippen LogP contribution >= 0.6 is 0 Å². The van der Waals surface area contributed by atoms with E-state index in [1.54, 1.807) is 0 Å². The molecule has 0 radical (unpaired) electrons. The zero-order valence-electron chi connectivity index (χ0n) is 7.38. The quantitative estimate of drug-likeness (QED) is 0.352. The molecule has 0 atom stereocenters. The van der Waals surface area contributed by atoms with Crippen molar-refractivity contribution in [3.8, 4) is 0 Å². The molecular weight excluding hydrogens is 138 g/mol.